The fourth-order valence-electron chi connectivity index (χ4n) is 5.50. The summed E-state index contributed by atoms with van der Waals surface area (Å²) in [6, 6.07) is 36.0. The van der Waals surface area contributed by atoms with E-state index >= 15 is 0 Å². The first-order chi connectivity index (χ1) is 24.7. The van der Waals surface area contributed by atoms with Gasteiger partial charge in [-0.2, -0.15) is 0 Å². The van der Waals surface area contributed by atoms with Crippen molar-refractivity contribution in [1.29, 1.82) is 0 Å². The molecule has 0 aliphatic rings. The van der Waals surface area contributed by atoms with Gasteiger partial charge in [0.1, 0.15) is 17.5 Å². The van der Waals surface area contributed by atoms with Gasteiger partial charge in [0.05, 0.1) is 0 Å². The summed E-state index contributed by atoms with van der Waals surface area (Å²) >= 11 is 0. The molecule has 0 spiro atoms. The highest BCUT2D eigenvalue weighted by atomic mass is 15.1. The molecule has 0 atom stereocenters. The highest BCUT2D eigenvalue weighted by molar-refractivity contribution is 5.72. The Morgan fingerprint density at radius 3 is 0.863 bits per heavy atom. The molecule has 0 bridgehead atoms. The van der Waals surface area contributed by atoms with Crippen LogP contribution in [0.4, 0.5) is 0 Å². The molecule has 9 nitrogen and oxygen atoms in total. The Morgan fingerprint density at radius 1 is 0.275 bits per heavy atom. The summed E-state index contributed by atoms with van der Waals surface area (Å²) < 4.78 is 0. The van der Waals surface area contributed by atoms with Crippen molar-refractivity contribution in [2.45, 2.75) is 59.3 Å². The quantitative estimate of drug-likeness (QED) is 0.148. The number of nitrogens with zero attached hydrogens (tertiary/aromatic N) is 9. The molecule has 252 valence electrons. The van der Waals surface area contributed by atoms with Crippen molar-refractivity contribution < 1.29 is 0 Å². The number of hydrogen-bond donors (Lipinski definition) is 0. The zero-order valence-electron chi connectivity index (χ0n) is 29.6. The molecule has 7 rings (SSSR count). The Morgan fingerprint density at radius 2 is 0.529 bits per heavy atom. The Bertz CT molecular complexity index is 2220. The standard InChI is InChI=1S/C42H39N9/c1-25(2)34-43-35(26(3)4)45-39(44-34)30-19-13-20-31(23-30)40-46-36(27(5)6)47-41(51-40)32-21-14-22-33(24-32)42-49-37(28-15-9-7-10-16-28)48-38(50-42)29-17-11-8-12-18-29/h7-27H,1-6H3. The van der Waals surface area contributed by atoms with Crippen LogP contribution in [-0.2, 0) is 0 Å². The van der Waals surface area contributed by atoms with Gasteiger partial charge in [0.15, 0.2) is 34.9 Å². The van der Waals surface area contributed by atoms with E-state index in [0.717, 1.165) is 45.0 Å². The van der Waals surface area contributed by atoms with Gasteiger partial charge in [-0.25, -0.2) is 44.9 Å². The molecule has 51 heavy (non-hydrogen) atoms. The monoisotopic (exact) mass is 669 g/mol. The van der Waals surface area contributed by atoms with Gasteiger partial charge in [0.25, 0.3) is 0 Å². The molecule has 0 fully saturated rings. The lowest BCUT2D eigenvalue weighted by Gasteiger charge is -2.13. The summed E-state index contributed by atoms with van der Waals surface area (Å²) in [4.78, 5) is 43.9. The lowest BCUT2D eigenvalue weighted by atomic mass is 10.1. The third-order valence-electron chi connectivity index (χ3n) is 8.33. The number of hydrogen-bond acceptors (Lipinski definition) is 9. The largest absolute Gasteiger partial charge is 0.217 e. The Labute approximate surface area is 298 Å². The molecule has 0 amide bonds. The molecular weight excluding hydrogens is 631 g/mol. The zero-order chi connectivity index (χ0) is 35.5. The van der Waals surface area contributed by atoms with Crippen molar-refractivity contribution in [3.05, 3.63) is 127 Å². The van der Waals surface area contributed by atoms with Crippen LogP contribution in [0, 0.1) is 0 Å². The van der Waals surface area contributed by atoms with Crippen LogP contribution in [-0.4, -0.2) is 44.9 Å². The third kappa shape index (κ3) is 7.43. The summed E-state index contributed by atoms with van der Waals surface area (Å²) in [6.07, 6.45) is 0. The maximum Gasteiger partial charge on any atom is 0.164 e. The van der Waals surface area contributed by atoms with E-state index in [-0.39, 0.29) is 17.8 Å². The summed E-state index contributed by atoms with van der Waals surface area (Å²) in [5.74, 6) is 6.26. The highest BCUT2D eigenvalue weighted by Gasteiger charge is 2.18. The van der Waals surface area contributed by atoms with E-state index in [2.05, 4.69) is 41.5 Å². The van der Waals surface area contributed by atoms with Gasteiger partial charge in [-0.15, -0.1) is 0 Å². The first kappa shape index (κ1) is 33.4. The van der Waals surface area contributed by atoms with E-state index in [1.54, 1.807) is 0 Å². The van der Waals surface area contributed by atoms with Gasteiger partial charge >= 0.3 is 0 Å². The average Bonchev–Trinajstić information content (AvgIpc) is 3.18. The Hall–Kier alpha value is -6.09. The third-order valence-corrected chi connectivity index (χ3v) is 8.33. The molecule has 0 N–H and O–H groups in total. The van der Waals surface area contributed by atoms with E-state index in [0.29, 0.717) is 40.8 Å². The van der Waals surface area contributed by atoms with Crippen LogP contribution in [0.5, 0.6) is 0 Å². The molecule has 3 heterocycles. The van der Waals surface area contributed by atoms with Gasteiger partial charge in [0.2, 0.25) is 0 Å². The van der Waals surface area contributed by atoms with Crippen molar-refractivity contribution in [3.63, 3.8) is 0 Å². The van der Waals surface area contributed by atoms with Crippen molar-refractivity contribution in [2.24, 2.45) is 0 Å². The van der Waals surface area contributed by atoms with Crippen LogP contribution in [0.1, 0.15) is 76.8 Å². The normalized spacial score (nSPS) is 11.5. The minimum Gasteiger partial charge on any atom is -0.217 e. The van der Waals surface area contributed by atoms with Gasteiger partial charge in [-0.1, -0.05) is 139 Å². The molecule has 0 aliphatic heterocycles. The minimum absolute atomic E-state index is 0.0768. The molecule has 3 aromatic heterocycles. The summed E-state index contributed by atoms with van der Waals surface area (Å²) in [6.45, 7) is 12.6. The number of rotatable bonds is 9. The van der Waals surface area contributed by atoms with Gasteiger partial charge in [-0.05, 0) is 12.1 Å². The van der Waals surface area contributed by atoms with Crippen LogP contribution < -0.4 is 0 Å². The van der Waals surface area contributed by atoms with Crippen molar-refractivity contribution in [2.75, 3.05) is 0 Å². The summed E-state index contributed by atoms with van der Waals surface area (Å²) in [5, 5.41) is 0. The average molecular weight is 670 g/mol. The predicted octanol–water partition coefficient (Wildman–Crippen LogP) is 9.61. The molecule has 4 aromatic carbocycles. The van der Waals surface area contributed by atoms with E-state index in [4.69, 9.17) is 44.9 Å². The fraction of sp³-hybridized carbons (Fsp3) is 0.214. The first-order valence-corrected chi connectivity index (χ1v) is 17.3. The van der Waals surface area contributed by atoms with Gasteiger partial charge in [0, 0.05) is 51.1 Å². The second kappa shape index (κ2) is 14.4. The Kier molecular flexibility index (Phi) is 9.44. The lowest BCUT2D eigenvalue weighted by molar-refractivity contribution is 0.697. The van der Waals surface area contributed by atoms with Crippen LogP contribution in [0.25, 0.3) is 68.3 Å². The predicted molar refractivity (Wildman–Crippen MR) is 201 cm³/mol. The molecule has 0 radical (unpaired) electrons. The van der Waals surface area contributed by atoms with E-state index in [1.807, 2.05) is 109 Å². The lowest BCUT2D eigenvalue weighted by Crippen LogP contribution is -2.08. The number of aromatic nitrogens is 9. The molecule has 9 heteroatoms. The zero-order valence-corrected chi connectivity index (χ0v) is 29.6. The molecule has 7 aromatic rings. The smallest absolute Gasteiger partial charge is 0.164 e. The summed E-state index contributed by atoms with van der Waals surface area (Å²) in [5.41, 5.74) is 5.22. The van der Waals surface area contributed by atoms with Crippen molar-refractivity contribution >= 4 is 0 Å². The van der Waals surface area contributed by atoms with Gasteiger partial charge in [-0.3, -0.25) is 0 Å². The summed E-state index contributed by atoms with van der Waals surface area (Å²) in [7, 11) is 0. The van der Waals surface area contributed by atoms with Crippen LogP contribution >= 0.6 is 0 Å². The van der Waals surface area contributed by atoms with Crippen LogP contribution in [0.15, 0.2) is 109 Å². The fourth-order valence-corrected chi connectivity index (χ4v) is 5.50. The second-order valence-corrected chi connectivity index (χ2v) is 13.4. The van der Waals surface area contributed by atoms with Crippen molar-refractivity contribution in [3.8, 4) is 68.3 Å². The van der Waals surface area contributed by atoms with Gasteiger partial charge < -0.3 is 0 Å². The van der Waals surface area contributed by atoms with Crippen LogP contribution in [0.3, 0.4) is 0 Å². The van der Waals surface area contributed by atoms with E-state index < -0.39 is 0 Å². The molecule has 0 aliphatic carbocycles. The second-order valence-electron chi connectivity index (χ2n) is 13.4. The molecule has 0 unspecified atom stereocenters. The maximum atomic E-state index is 5.02. The number of benzene rings is 4. The topological polar surface area (TPSA) is 116 Å². The van der Waals surface area contributed by atoms with E-state index in [9.17, 15) is 0 Å². The van der Waals surface area contributed by atoms with Crippen LogP contribution in [0.2, 0.25) is 0 Å². The highest BCUT2D eigenvalue weighted by Crippen LogP contribution is 2.30. The Balaban J connectivity index is 1.31. The van der Waals surface area contributed by atoms with Crippen molar-refractivity contribution in [1.82, 2.24) is 44.9 Å². The first-order valence-electron chi connectivity index (χ1n) is 17.3. The van der Waals surface area contributed by atoms with E-state index in [1.165, 1.54) is 0 Å². The SMILES string of the molecule is CC(C)c1nc(-c2cccc(-c3nc(-c4ccccc4)nc(-c4ccccc4)n3)c2)nc(-c2cccc(-c3nc(C(C)C)nc(C(C)C)n3)c2)n1. The maximum absolute atomic E-state index is 5.02. The molecule has 0 saturated carbocycles. The molecular formula is C42H39N9. The minimum atomic E-state index is 0.0768. The molecule has 0 saturated heterocycles.